The Morgan fingerprint density at radius 3 is 2.86 bits per heavy atom. The van der Waals surface area contributed by atoms with Crippen LogP contribution < -0.4 is 5.32 Å². The fourth-order valence-corrected chi connectivity index (χ4v) is 1.71. The van der Waals surface area contributed by atoms with Gasteiger partial charge in [-0.3, -0.25) is 4.79 Å². The van der Waals surface area contributed by atoms with Crippen molar-refractivity contribution in [2.45, 2.75) is 25.7 Å². The molecule has 0 unspecified atom stereocenters. The third kappa shape index (κ3) is 1.85. The number of Topliss-reactive ketones (excluding diaryl/α,β-unsaturated/α-hetero) is 1. The van der Waals surface area contributed by atoms with Gasteiger partial charge in [0.05, 0.1) is 0 Å². The van der Waals surface area contributed by atoms with Gasteiger partial charge < -0.3 is 9.73 Å². The van der Waals surface area contributed by atoms with Crippen LogP contribution >= 0.6 is 0 Å². The van der Waals surface area contributed by atoms with Gasteiger partial charge in [0.15, 0.2) is 11.7 Å². The predicted octanol–water partition coefficient (Wildman–Crippen LogP) is 1.34. The van der Waals surface area contributed by atoms with E-state index in [1.807, 2.05) is 0 Å². The number of hydrogen-bond donors (Lipinski definition) is 1. The molecule has 1 aliphatic rings. The molecule has 1 fully saturated rings. The number of hydrogen-bond acceptors (Lipinski definition) is 4. The quantitative estimate of drug-likeness (QED) is 0.722. The van der Waals surface area contributed by atoms with E-state index in [9.17, 15) is 4.79 Å². The molecule has 0 amide bonds. The largest absolute Gasteiger partial charge is 0.448 e. The van der Waals surface area contributed by atoms with Gasteiger partial charge in [0, 0.05) is 12.8 Å². The van der Waals surface area contributed by atoms with Gasteiger partial charge in [-0.25, -0.2) is 4.98 Å². The van der Waals surface area contributed by atoms with Gasteiger partial charge in [-0.05, 0) is 25.9 Å². The molecule has 1 aliphatic heterocycles. The van der Waals surface area contributed by atoms with Crippen LogP contribution in [0.2, 0.25) is 0 Å². The first-order chi connectivity index (χ1) is 6.77. The topological polar surface area (TPSA) is 55.1 Å². The highest BCUT2D eigenvalue weighted by atomic mass is 16.3. The fraction of sp³-hybridized carbons (Fsp3) is 0.600. The zero-order valence-corrected chi connectivity index (χ0v) is 8.25. The first-order valence-electron chi connectivity index (χ1n) is 4.94. The summed E-state index contributed by atoms with van der Waals surface area (Å²) in [4.78, 5) is 15.2. The number of carbonyl (C=O) groups is 1. The lowest BCUT2D eigenvalue weighted by molar-refractivity contribution is 0.101. The maximum atomic E-state index is 11.0. The summed E-state index contributed by atoms with van der Waals surface area (Å²) in [7, 11) is 0. The molecule has 1 aromatic rings. The van der Waals surface area contributed by atoms with Crippen molar-refractivity contribution in [1.29, 1.82) is 0 Å². The number of ketones is 1. The van der Waals surface area contributed by atoms with Crippen molar-refractivity contribution in [2.24, 2.45) is 0 Å². The van der Waals surface area contributed by atoms with Gasteiger partial charge in [-0.15, -0.1) is 0 Å². The van der Waals surface area contributed by atoms with Crippen LogP contribution in [0, 0.1) is 0 Å². The van der Waals surface area contributed by atoms with Crippen LogP contribution in [0.25, 0.3) is 0 Å². The third-order valence-corrected chi connectivity index (χ3v) is 2.57. The van der Waals surface area contributed by atoms with Crippen LogP contribution in [0.5, 0.6) is 0 Å². The van der Waals surface area contributed by atoms with E-state index < -0.39 is 0 Å². The summed E-state index contributed by atoms with van der Waals surface area (Å²) >= 11 is 0. The normalized spacial score (nSPS) is 18.4. The van der Waals surface area contributed by atoms with Crippen molar-refractivity contribution >= 4 is 5.78 Å². The second-order valence-corrected chi connectivity index (χ2v) is 3.65. The summed E-state index contributed by atoms with van der Waals surface area (Å²) in [6.07, 6.45) is 3.54. The van der Waals surface area contributed by atoms with Crippen LogP contribution in [-0.4, -0.2) is 23.9 Å². The first kappa shape index (κ1) is 9.40. The van der Waals surface area contributed by atoms with E-state index in [2.05, 4.69) is 10.3 Å². The smallest absolute Gasteiger partial charge is 0.197 e. The maximum Gasteiger partial charge on any atom is 0.197 e. The van der Waals surface area contributed by atoms with Crippen molar-refractivity contribution in [3.63, 3.8) is 0 Å². The Bertz CT molecular complexity index is 327. The Labute approximate surface area is 82.7 Å². The van der Waals surface area contributed by atoms with Crippen LogP contribution in [0.15, 0.2) is 10.7 Å². The average Bonchev–Trinajstić information content (AvgIpc) is 2.68. The number of nitrogens with zero attached hydrogens (tertiary/aromatic N) is 1. The molecule has 0 spiro atoms. The summed E-state index contributed by atoms with van der Waals surface area (Å²) in [5.41, 5.74) is 0.443. The molecule has 0 atom stereocenters. The summed E-state index contributed by atoms with van der Waals surface area (Å²) in [5, 5.41) is 3.28. The van der Waals surface area contributed by atoms with E-state index >= 15 is 0 Å². The summed E-state index contributed by atoms with van der Waals surface area (Å²) in [6, 6.07) is 0. The van der Waals surface area contributed by atoms with E-state index in [1.165, 1.54) is 13.2 Å². The van der Waals surface area contributed by atoms with Crippen molar-refractivity contribution in [1.82, 2.24) is 10.3 Å². The molecule has 0 aromatic carbocycles. The molecule has 4 heteroatoms. The molecule has 0 saturated carbocycles. The first-order valence-corrected chi connectivity index (χ1v) is 4.94. The highest BCUT2D eigenvalue weighted by molar-refractivity contribution is 5.91. The van der Waals surface area contributed by atoms with Gasteiger partial charge >= 0.3 is 0 Å². The van der Waals surface area contributed by atoms with E-state index in [0.29, 0.717) is 11.6 Å². The molecule has 2 rings (SSSR count). The number of rotatable bonds is 2. The molecule has 1 saturated heterocycles. The van der Waals surface area contributed by atoms with Crippen molar-refractivity contribution in [3.05, 3.63) is 17.8 Å². The lowest BCUT2D eigenvalue weighted by Crippen LogP contribution is -2.26. The number of aromatic nitrogens is 1. The molecular weight excluding hydrogens is 180 g/mol. The lowest BCUT2D eigenvalue weighted by Gasteiger charge is -2.19. The second kappa shape index (κ2) is 3.92. The minimum absolute atomic E-state index is 0.0334. The highest BCUT2D eigenvalue weighted by Gasteiger charge is 2.20. The fourth-order valence-electron chi connectivity index (χ4n) is 1.71. The predicted molar refractivity (Wildman–Crippen MR) is 51.4 cm³/mol. The second-order valence-electron chi connectivity index (χ2n) is 3.65. The standard InChI is InChI=1S/C10H14N2O2/c1-7(13)9-6-14-10(12-9)8-2-4-11-5-3-8/h6,8,11H,2-5H2,1H3. The van der Waals surface area contributed by atoms with Gasteiger partial charge in [-0.1, -0.05) is 0 Å². The molecule has 1 aromatic heterocycles. The zero-order valence-electron chi connectivity index (χ0n) is 8.25. The Hall–Kier alpha value is -1.16. The minimum Gasteiger partial charge on any atom is -0.448 e. The van der Waals surface area contributed by atoms with Gasteiger partial charge in [0.1, 0.15) is 12.0 Å². The Morgan fingerprint density at radius 1 is 1.57 bits per heavy atom. The molecule has 0 radical (unpaired) electrons. The Morgan fingerprint density at radius 2 is 2.29 bits per heavy atom. The van der Waals surface area contributed by atoms with E-state index in [4.69, 9.17) is 4.42 Å². The van der Waals surface area contributed by atoms with E-state index in [0.717, 1.165) is 31.8 Å². The SMILES string of the molecule is CC(=O)c1coc(C2CCNCC2)n1. The minimum atomic E-state index is -0.0334. The number of oxazole rings is 1. The van der Waals surface area contributed by atoms with Crippen LogP contribution in [-0.2, 0) is 0 Å². The number of piperidine rings is 1. The van der Waals surface area contributed by atoms with Gasteiger partial charge in [-0.2, -0.15) is 0 Å². The lowest BCUT2D eigenvalue weighted by atomic mass is 9.98. The molecule has 14 heavy (non-hydrogen) atoms. The molecule has 4 nitrogen and oxygen atoms in total. The molecule has 1 N–H and O–H groups in total. The Balaban J connectivity index is 2.11. The van der Waals surface area contributed by atoms with Crippen LogP contribution in [0.1, 0.15) is 42.1 Å². The number of nitrogens with one attached hydrogen (secondary N) is 1. The monoisotopic (exact) mass is 194 g/mol. The summed E-state index contributed by atoms with van der Waals surface area (Å²) < 4.78 is 5.31. The van der Waals surface area contributed by atoms with Crippen LogP contribution in [0.3, 0.4) is 0 Å². The van der Waals surface area contributed by atoms with E-state index in [1.54, 1.807) is 0 Å². The van der Waals surface area contributed by atoms with Gasteiger partial charge in [0.25, 0.3) is 0 Å². The highest BCUT2D eigenvalue weighted by Crippen LogP contribution is 2.24. The molecular formula is C10H14N2O2. The van der Waals surface area contributed by atoms with Crippen LogP contribution in [0.4, 0.5) is 0 Å². The van der Waals surface area contributed by atoms with Crippen molar-refractivity contribution in [3.8, 4) is 0 Å². The summed E-state index contributed by atoms with van der Waals surface area (Å²) in [5.74, 6) is 1.06. The van der Waals surface area contributed by atoms with Crippen molar-refractivity contribution in [2.75, 3.05) is 13.1 Å². The van der Waals surface area contributed by atoms with E-state index in [-0.39, 0.29) is 5.78 Å². The molecule has 2 heterocycles. The Kier molecular flexibility index (Phi) is 2.63. The van der Waals surface area contributed by atoms with Crippen molar-refractivity contribution < 1.29 is 9.21 Å². The molecule has 0 bridgehead atoms. The zero-order chi connectivity index (χ0) is 9.97. The third-order valence-electron chi connectivity index (χ3n) is 2.57. The average molecular weight is 194 g/mol. The number of carbonyl (C=O) groups excluding carboxylic acids is 1. The maximum absolute atomic E-state index is 11.0. The molecule has 76 valence electrons. The summed E-state index contributed by atoms with van der Waals surface area (Å²) in [6.45, 7) is 3.51. The van der Waals surface area contributed by atoms with Gasteiger partial charge in [0.2, 0.25) is 0 Å². The molecule has 0 aliphatic carbocycles.